The number of benzene rings is 2. The Morgan fingerprint density at radius 3 is 2.57 bits per heavy atom. The second-order valence-corrected chi connectivity index (χ2v) is 6.83. The molecule has 5 nitrogen and oxygen atoms in total. The molecule has 1 atom stereocenters. The maximum atomic E-state index is 13.2. The molecule has 1 heterocycles. The third kappa shape index (κ3) is 4.67. The normalized spacial score (nSPS) is 11.8. The number of rotatable bonds is 8. The number of aromatic nitrogens is 2. The van der Waals surface area contributed by atoms with Crippen LogP contribution in [0, 0.1) is 0 Å². The van der Waals surface area contributed by atoms with Gasteiger partial charge in [0.2, 0.25) is 17.6 Å². The van der Waals surface area contributed by atoms with Gasteiger partial charge in [-0.2, -0.15) is 4.98 Å². The van der Waals surface area contributed by atoms with E-state index in [2.05, 4.69) is 16.7 Å². The van der Waals surface area contributed by atoms with E-state index in [0.29, 0.717) is 29.7 Å². The summed E-state index contributed by atoms with van der Waals surface area (Å²) in [6, 6.07) is 17.0. The van der Waals surface area contributed by atoms with Crippen LogP contribution in [0.2, 0.25) is 5.02 Å². The zero-order valence-corrected chi connectivity index (χ0v) is 16.5. The molecule has 0 saturated carbocycles. The molecule has 0 aliphatic rings. The van der Waals surface area contributed by atoms with Crippen molar-refractivity contribution in [2.75, 3.05) is 6.54 Å². The highest BCUT2D eigenvalue weighted by atomic mass is 35.5. The molecule has 0 radical (unpaired) electrons. The summed E-state index contributed by atoms with van der Waals surface area (Å²) >= 11 is 5.92. The minimum atomic E-state index is -0.222. The third-order valence-electron chi connectivity index (χ3n) is 4.47. The number of carbonyl (C=O) groups excluding carboxylic acids is 1. The minimum Gasteiger partial charge on any atom is -0.337 e. The smallest absolute Gasteiger partial charge is 0.246 e. The largest absolute Gasteiger partial charge is 0.337 e. The molecule has 6 heteroatoms. The van der Waals surface area contributed by atoms with Gasteiger partial charge in [-0.25, -0.2) is 0 Å². The Hall–Kier alpha value is -2.92. The van der Waals surface area contributed by atoms with Crippen LogP contribution in [0.1, 0.15) is 30.7 Å². The van der Waals surface area contributed by atoms with Crippen LogP contribution in [0.4, 0.5) is 0 Å². The molecule has 144 valence electrons. The number of hydrogen-bond donors (Lipinski definition) is 0. The standard InChI is InChI=1S/C22H22ClN3O2/c1-3-14-26(22(27)19(4-2)16-8-6-5-7-9-16)15-20-24-21(25-28-20)17-10-12-18(23)13-11-17/h3,5-13,19H,1,4,14-15H2,2H3/t19-/m1/s1. The molecule has 3 aromatic rings. The maximum absolute atomic E-state index is 13.2. The molecule has 1 amide bonds. The highest BCUT2D eigenvalue weighted by Gasteiger charge is 2.25. The highest BCUT2D eigenvalue weighted by Crippen LogP contribution is 2.24. The molecule has 28 heavy (non-hydrogen) atoms. The van der Waals surface area contributed by atoms with Crippen molar-refractivity contribution >= 4 is 17.5 Å². The summed E-state index contributed by atoms with van der Waals surface area (Å²) in [6.07, 6.45) is 2.41. The molecule has 0 aliphatic carbocycles. The van der Waals surface area contributed by atoms with Crippen LogP contribution < -0.4 is 0 Å². The first kappa shape index (κ1) is 19.8. The first-order valence-electron chi connectivity index (χ1n) is 9.15. The lowest BCUT2D eigenvalue weighted by atomic mass is 9.95. The van der Waals surface area contributed by atoms with Gasteiger partial charge in [-0.05, 0) is 36.2 Å². The molecule has 3 rings (SSSR count). The fraction of sp³-hybridized carbons (Fsp3) is 0.227. The summed E-state index contributed by atoms with van der Waals surface area (Å²) in [6.45, 7) is 6.41. The Morgan fingerprint density at radius 2 is 1.93 bits per heavy atom. The van der Waals surface area contributed by atoms with E-state index in [9.17, 15) is 4.79 Å². The Labute approximate surface area is 169 Å². The van der Waals surface area contributed by atoms with Gasteiger partial charge in [-0.15, -0.1) is 6.58 Å². The first-order chi connectivity index (χ1) is 13.6. The molecule has 0 saturated heterocycles. The van der Waals surface area contributed by atoms with Gasteiger partial charge < -0.3 is 9.42 Å². The average molecular weight is 396 g/mol. The molecule has 0 fully saturated rings. The van der Waals surface area contributed by atoms with Gasteiger partial charge in [0.25, 0.3) is 0 Å². The molecular formula is C22H22ClN3O2. The summed E-state index contributed by atoms with van der Waals surface area (Å²) in [5, 5.41) is 4.66. The van der Waals surface area contributed by atoms with Crippen molar-refractivity contribution in [2.24, 2.45) is 0 Å². The Morgan fingerprint density at radius 1 is 1.21 bits per heavy atom. The van der Waals surface area contributed by atoms with Gasteiger partial charge in [-0.3, -0.25) is 4.79 Å². The molecule has 0 bridgehead atoms. The maximum Gasteiger partial charge on any atom is 0.246 e. The molecule has 0 N–H and O–H groups in total. The SMILES string of the molecule is C=CCN(Cc1nc(-c2ccc(Cl)cc2)no1)C(=O)[C@H](CC)c1ccccc1. The molecule has 1 aromatic heterocycles. The van der Waals surface area contributed by atoms with Crippen LogP contribution >= 0.6 is 11.6 Å². The molecule has 0 unspecified atom stereocenters. The first-order valence-corrected chi connectivity index (χ1v) is 9.53. The predicted octanol–water partition coefficient (Wildman–Crippen LogP) is 5.10. The average Bonchev–Trinajstić information content (AvgIpc) is 3.18. The van der Waals surface area contributed by atoms with Crippen LogP contribution in [0.25, 0.3) is 11.4 Å². The lowest BCUT2D eigenvalue weighted by Gasteiger charge is -2.25. The lowest BCUT2D eigenvalue weighted by molar-refractivity contribution is -0.133. The van der Waals surface area contributed by atoms with E-state index in [1.807, 2.05) is 49.4 Å². The summed E-state index contributed by atoms with van der Waals surface area (Å²) in [7, 11) is 0. The number of halogens is 1. The van der Waals surface area contributed by atoms with Gasteiger partial charge in [0.1, 0.15) is 6.54 Å². The highest BCUT2D eigenvalue weighted by molar-refractivity contribution is 6.30. The lowest BCUT2D eigenvalue weighted by Crippen LogP contribution is -2.35. The van der Waals surface area contributed by atoms with Gasteiger partial charge in [0.15, 0.2) is 0 Å². The molecule has 0 aliphatic heterocycles. The number of nitrogens with zero attached hydrogens (tertiary/aromatic N) is 3. The van der Waals surface area contributed by atoms with E-state index in [0.717, 1.165) is 11.1 Å². The number of amides is 1. The summed E-state index contributed by atoms with van der Waals surface area (Å²) in [5.41, 5.74) is 1.80. The van der Waals surface area contributed by atoms with Crippen LogP contribution in [-0.4, -0.2) is 27.5 Å². The minimum absolute atomic E-state index is 0.0137. The number of hydrogen-bond acceptors (Lipinski definition) is 4. The van der Waals surface area contributed by atoms with Crippen molar-refractivity contribution < 1.29 is 9.32 Å². The van der Waals surface area contributed by atoms with Crippen LogP contribution in [0.15, 0.2) is 71.8 Å². The topological polar surface area (TPSA) is 59.2 Å². The molecular weight excluding hydrogens is 374 g/mol. The van der Waals surface area contributed by atoms with E-state index in [4.69, 9.17) is 16.1 Å². The van der Waals surface area contributed by atoms with Crippen molar-refractivity contribution in [2.45, 2.75) is 25.8 Å². The fourth-order valence-electron chi connectivity index (χ4n) is 3.05. The number of carbonyl (C=O) groups is 1. The Balaban J connectivity index is 1.78. The second-order valence-electron chi connectivity index (χ2n) is 6.40. The predicted molar refractivity (Wildman–Crippen MR) is 110 cm³/mol. The van der Waals surface area contributed by atoms with E-state index in [-0.39, 0.29) is 18.4 Å². The Kier molecular flexibility index (Phi) is 6.61. The van der Waals surface area contributed by atoms with E-state index in [1.165, 1.54) is 0 Å². The fourth-order valence-corrected chi connectivity index (χ4v) is 3.17. The van der Waals surface area contributed by atoms with Gasteiger partial charge in [0, 0.05) is 17.1 Å². The van der Waals surface area contributed by atoms with Gasteiger partial charge in [-0.1, -0.05) is 60.1 Å². The van der Waals surface area contributed by atoms with Crippen molar-refractivity contribution in [1.29, 1.82) is 0 Å². The molecule has 2 aromatic carbocycles. The van der Waals surface area contributed by atoms with Crippen molar-refractivity contribution in [3.05, 3.63) is 83.7 Å². The van der Waals surface area contributed by atoms with Crippen LogP contribution in [0.5, 0.6) is 0 Å². The van der Waals surface area contributed by atoms with E-state index < -0.39 is 0 Å². The van der Waals surface area contributed by atoms with Crippen molar-refractivity contribution in [3.63, 3.8) is 0 Å². The van der Waals surface area contributed by atoms with Gasteiger partial charge >= 0.3 is 0 Å². The summed E-state index contributed by atoms with van der Waals surface area (Å²) in [4.78, 5) is 19.3. The second kappa shape index (κ2) is 9.33. The van der Waals surface area contributed by atoms with E-state index >= 15 is 0 Å². The molecule has 0 spiro atoms. The summed E-state index contributed by atoms with van der Waals surface area (Å²) in [5.74, 6) is 0.635. The Bertz CT molecular complexity index is 922. The summed E-state index contributed by atoms with van der Waals surface area (Å²) < 4.78 is 5.37. The van der Waals surface area contributed by atoms with Crippen LogP contribution in [0.3, 0.4) is 0 Å². The van der Waals surface area contributed by atoms with Gasteiger partial charge in [0.05, 0.1) is 5.92 Å². The van der Waals surface area contributed by atoms with Crippen molar-refractivity contribution in [1.82, 2.24) is 15.0 Å². The van der Waals surface area contributed by atoms with E-state index in [1.54, 1.807) is 23.1 Å². The van der Waals surface area contributed by atoms with Crippen molar-refractivity contribution in [3.8, 4) is 11.4 Å². The quantitative estimate of drug-likeness (QED) is 0.498. The van der Waals surface area contributed by atoms with Crippen LogP contribution in [-0.2, 0) is 11.3 Å². The monoisotopic (exact) mass is 395 g/mol. The zero-order valence-electron chi connectivity index (χ0n) is 15.7. The third-order valence-corrected chi connectivity index (χ3v) is 4.72. The zero-order chi connectivity index (χ0) is 19.9.